The van der Waals surface area contributed by atoms with E-state index in [-0.39, 0.29) is 18.3 Å². The van der Waals surface area contributed by atoms with Crippen molar-refractivity contribution in [2.45, 2.75) is 44.0 Å². The van der Waals surface area contributed by atoms with Crippen molar-refractivity contribution in [1.29, 1.82) is 0 Å². The molecule has 0 saturated heterocycles. The second-order valence-electron chi connectivity index (χ2n) is 7.14. The average molecular weight is 396 g/mol. The predicted octanol–water partition coefficient (Wildman–Crippen LogP) is 4.18. The molecule has 0 bridgehead atoms. The van der Waals surface area contributed by atoms with Crippen LogP contribution in [0.4, 0.5) is 18.0 Å². The second kappa shape index (κ2) is 7.87. The fourth-order valence-corrected chi connectivity index (χ4v) is 3.17. The lowest BCUT2D eigenvalue weighted by molar-refractivity contribution is -0.274. The molecule has 2 aromatic rings. The smallest absolute Gasteiger partial charge is 0.424 e. The van der Waals surface area contributed by atoms with Crippen LogP contribution in [0.5, 0.6) is 0 Å². The topological polar surface area (TPSA) is 74.5 Å². The first-order chi connectivity index (χ1) is 13.2. The third-order valence-electron chi connectivity index (χ3n) is 4.93. The van der Waals surface area contributed by atoms with Crippen LogP contribution in [-0.2, 0) is 5.60 Å². The van der Waals surface area contributed by atoms with E-state index in [1.807, 2.05) is 30.3 Å². The van der Waals surface area contributed by atoms with E-state index in [2.05, 4.69) is 10.6 Å². The van der Waals surface area contributed by atoms with E-state index >= 15 is 0 Å². The Morgan fingerprint density at radius 1 is 1.21 bits per heavy atom. The number of amides is 2. The van der Waals surface area contributed by atoms with Crippen molar-refractivity contribution < 1.29 is 27.5 Å². The number of nitrogens with one attached hydrogen (secondary N) is 2. The van der Waals surface area contributed by atoms with Gasteiger partial charge in [-0.2, -0.15) is 13.2 Å². The van der Waals surface area contributed by atoms with Gasteiger partial charge in [0.1, 0.15) is 11.5 Å². The minimum absolute atomic E-state index is 0.185. The Bertz CT molecular complexity index is 803. The predicted molar refractivity (Wildman–Crippen MR) is 96.5 cm³/mol. The molecule has 1 aliphatic carbocycles. The summed E-state index contributed by atoms with van der Waals surface area (Å²) in [6.07, 6.45) is -3.70. The lowest BCUT2D eigenvalue weighted by Gasteiger charge is -2.28. The fraction of sp³-hybridized carbons (Fsp3) is 0.450. The van der Waals surface area contributed by atoms with Gasteiger partial charge in [0.05, 0.1) is 6.04 Å². The van der Waals surface area contributed by atoms with E-state index < -0.39 is 30.0 Å². The summed E-state index contributed by atoms with van der Waals surface area (Å²) < 4.78 is 45.3. The average Bonchev–Trinajstić information content (AvgIpc) is 3.39. The highest BCUT2D eigenvalue weighted by molar-refractivity contribution is 5.74. The van der Waals surface area contributed by atoms with Crippen LogP contribution in [0.25, 0.3) is 0 Å². The number of furan rings is 1. The lowest BCUT2D eigenvalue weighted by Crippen LogP contribution is -2.46. The van der Waals surface area contributed by atoms with Crippen LogP contribution in [0.3, 0.4) is 0 Å². The van der Waals surface area contributed by atoms with Crippen LogP contribution in [0, 0.1) is 12.8 Å². The molecular weight excluding hydrogens is 373 g/mol. The second-order valence-corrected chi connectivity index (χ2v) is 7.14. The van der Waals surface area contributed by atoms with Crippen LogP contribution in [0.15, 0.2) is 46.9 Å². The van der Waals surface area contributed by atoms with Gasteiger partial charge < -0.3 is 20.2 Å². The molecular formula is C20H23F3N2O3. The highest BCUT2D eigenvalue weighted by atomic mass is 19.4. The molecule has 0 unspecified atom stereocenters. The standard InChI is InChI=1S/C20H23F3N2O3/c1-13-7-10-16(28-13)19(27,20(21,22)23)11-12-24-18(26)25-17(15-8-9-15)14-5-3-2-4-6-14/h2-7,10,15,17,27H,8-9,11-12H2,1H3,(H2,24,25,26)/t17-,19+/m0/s1. The monoisotopic (exact) mass is 396 g/mol. The van der Waals surface area contributed by atoms with Crippen molar-refractivity contribution in [2.24, 2.45) is 5.92 Å². The van der Waals surface area contributed by atoms with Crippen molar-refractivity contribution in [3.8, 4) is 0 Å². The van der Waals surface area contributed by atoms with Gasteiger partial charge in [-0.15, -0.1) is 0 Å². The van der Waals surface area contributed by atoms with Gasteiger partial charge in [0.2, 0.25) is 5.60 Å². The molecule has 1 fully saturated rings. The SMILES string of the molecule is Cc1ccc([C@](O)(CCNC(=O)N[C@@H](c2ccccc2)C2CC2)C(F)(F)F)o1. The van der Waals surface area contributed by atoms with Gasteiger partial charge in [-0.1, -0.05) is 30.3 Å². The third kappa shape index (κ3) is 4.49. The Labute approximate surface area is 160 Å². The Morgan fingerprint density at radius 2 is 1.89 bits per heavy atom. The number of alkyl halides is 3. The number of aliphatic hydroxyl groups is 1. The summed E-state index contributed by atoms with van der Waals surface area (Å²) >= 11 is 0. The molecule has 1 saturated carbocycles. The highest BCUT2D eigenvalue weighted by Gasteiger charge is 2.56. The molecule has 0 aliphatic heterocycles. The fourth-order valence-electron chi connectivity index (χ4n) is 3.17. The van der Waals surface area contributed by atoms with E-state index in [0.717, 1.165) is 24.5 Å². The minimum atomic E-state index is -4.93. The first-order valence-electron chi connectivity index (χ1n) is 9.16. The maximum atomic E-state index is 13.4. The van der Waals surface area contributed by atoms with Crippen molar-refractivity contribution in [2.75, 3.05) is 6.54 Å². The van der Waals surface area contributed by atoms with E-state index in [4.69, 9.17) is 4.42 Å². The molecule has 8 heteroatoms. The van der Waals surface area contributed by atoms with Crippen LogP contribution in [-0.4, -0.2) is 23.9 Å². The number of halogens is 3. The number of hydrogen-bond donors (Lipinski definition) is 3. The maximum absolute atomic E-state index is 13.4. The molecule has 2 amide bonds. The zero-order chi connectivity index (χ0) is 20.4. The number of urea groups is 1. The van der Waals surface area contributed by atoms with Crippen molar-refractivity contribution in [3.63, 3.8) is 0 Å². The first-order valence-corrected chi connectivity index (χ1v) is 9.16. The van der Waals surface area contributed by atoms with Gasteiger partial charge in [-0.3, -0.25) is 0 Å². The normalized spacial score (nSPS) is 17.6. The molecule has 1 aliphatic rings. The summed E-state index contributed by atoms with van der Waals surface area (Å²) in [4.78, 5) is 12.2. The molecule has 1 heterocycles. The molecule has 3 N–H and O–H groups in total. The molecule has 1 aromatic carbocycles. The number of aryl methyl sites for hydroxylation is 1. The van der Waals surface area contributed by atoms with E-state index in [9.17, 15) is 23.1 Å². The van der Waals surface area contributed by atoms with E-state index in [0.29, 0.717) is 5.92 Å². The molecule has 3 rings (SSSR count). The van der Waals surface area contributed by atoms with E-state index in [1.54, 1.807) is 0 Å². The van der Waals surface area contributed by atoms with Gasteiger partial charge in [0, 0.05) is 13.0 Å². The van der Waals surface area contributed by atoms with Gasteiger partial charge in [0.15, 0.2) is 0 Å². The molecule has 0 radical (unpaired) electrons. The highest BCUT2D eigenvalue weighted by Crippen LogP contribution is 2.42. The summed E-state index contributed by atoms with van der Waals surface area (Å²) in [6, 6.07) is 11.1. The number of hydrogen-bond acceptors (Lipinski definition) is 3. The van der Waals surface area contributed by atoms with Gasteiger partial charge in [-0.25, -0.2) is 4.79 Å². The quantitative estimate of drug-likeness (QED) is 0.657. The van der Waals surface area contributed by atoms with Gasteiger partial charge >= 0.3 is 12.2 Å². The van der Waals surface area contributed by atoms with Crippen molar-refractivity contribution >= 4 is 6.03 Å². The van der Waals surface area contributed by atoms with Gasteiger partial charge in [0.25, 0.3) is 0 Å². The summed E-state index contributed by atoms with van der Waals surface area (Å²) in [5, 5.41) is 15.5. The van der Waals surface area contributed by atoms with Crippen LogP contribution < -0.4 is 10.6 Å². The van der Waals surface area contributed by atoms with Gasteiger partial charge in [-0.05, 0) is 43.4 Å². The van der Waals surface area contributed by atoms with Crippen molar-refractivity contribution in [3.05, 3.63) is 59.5 Å². The Morgan fingerprint density at radius 3 is 2.43 bits per heavy atom. The summed E-state index contributed by atoms with van der Waals surface area (Å²) in [5.41, 5.74) is -2.21. The Hall–Kier alpha value is -2.48. The zero-order valence-electron chi connectivity index (χ0n) is 15.4. The number of carbonyl (C=O) groups is 1. The number of carbonyl (C=O) groups excluding carboxylic acids is 1. The molecule has 0 spiro atoms. The van der Waals surface area contributed by atoms with Crippen molar-refractivity contribution in [1.82, 2.24) is 10.6 Å². The van der Waals surface area contributed by atoms with Crippen LogP contribution in [0.1, 0.15) is 42.4 Å². The third-order valence-corrected chi connectivity index (χ3v) is 4.93. The Balaban J connectivity index is 1.60. The largest absolute Gasteiger partial charge is 0.463 e. The molecule has 1 aromatic heterocycles. The van der Waals surface area contributed by atoms with E-state index in [1.165, 1.54) is 13.0 Å². The molecule has 2 atom stereocenters. The summed E-state index contributed by atoms with van der Waals surface area (Å²) in [5.74, 6) is 0.00437. The first kappa shape index (κ1) is 20.3. The zero-order valence-corrected chi connectivity index (χ0v) is 15.4. The molecule has 5 nitrogen and oxygen atoms in total. The Kier molecular flexibility index (Phi) is 5.69. The molecule has 28 heavy (non-hydrogen) atoms. The summed E-state index contributed by atoms with van der Waals surface area (Å²) in [6.45, 7) is 1.13. The number of benzene rings is 1. The van der Waals surface area contributed by atoms with Crippen LogP contribution >= 0.6 is 0 Å². The number of rotatable bonds is 7. The van der Waals surface area contributed by atoms with Crippen LogP contribution in [0.2, 0.25) is 0 Å². The maximum Gasteiger partial charge on any atom is 0.424 e. The lowest BCUT2D eigenvalue weighted by atomic mass is 9.96. The summed E-state index contributed by atoms with van der Waals surface area (Å²) in [7, 11) is 0. The minimum Gasteiger partial charge on any atom is -0.463 e. The molecule has 152 valence electrons.